The number of rotatable bonds is 7. The van der Waals surface area contributed by atoms with Gasteiger partial charge >= 0.3 is 0 Å². The summed E-state index contributed by atoms with van der Waals surface area (Å²) in [5.74, 6) is 2.69. The quantitative estimate of drug-likeness (QED) is 0.736. The van der Waals surface area contributed by atoms with Crippen LogP contribution in [0, 0.1) is 11.8 Å². The van der Waals surface area contributed by atoms with E-state index in [9.17, 15) is 9.59 Å². The molecule has 0 saturated carbocycles. The van der Waals surface area contributed by atoms with Gasteiger partial charge in [0.05, 0.1) is 6.04 Å². The van der Waals surface area contributed by atoms with E-state index < -0.39 is 0 Å². The normalized spacial score (nSPS) is 17.5. The molecule has 1 aromatic carbocycles. The molecule has 2 amide bonds. The van der Waals surface area contributed by atoms with Gasteiger partial charge in [0.25, 0.3) is 5.91 Å². The van der Waals surface area contributed by atoms with Gasteiger partial charge in [-0.05, 0) is 37.3 Å². The van der Waals surface area contributed by atoms with Crippen LogP contribution in [0.2, 0.25) is 0 Å². The highest BCUT2D eigenvalue weighted by Crippen LogP contribution is 2.26. The molecule has 8 heteroatoms. The zero-order valence-corrected chi connectivity index (χ0v) is 18.3. The van der Waals surface area contributed by atoms with Crippen LogP contribution in [-0.4, -0.2) is 51.2 Å². The third-order valence-electron chi connectivity index (χ3n) is 6.20. The molecule has 1 atom stereocenters. The fourth-order valence-electron chi connectivity index (χ4n) is 4.35. The highest BCUT2D eigenvalue weighted by atomic mass is 16.5. The number of likely N-dealkylation sites (tertiary alicyclic amines) is 1. The molecule has 4 rings (SSSR count). The average Bonchev–Trinajstić information content (AvgIpc) is 3.41. The van der Waals surface area contributed by atoms with Crippen LogP contribution in [0.25, 0.3) is 0 Å². The number of ether oxygens (including phenoxy) is 1. The molecule has 1 aromatic heterocycles. The van der Waals surface area contributed by atoms with Crippen LogP contribution in [0.15, 0.2) is 30.3 Å². The summed E-state index contributed by atoms with van der Waals surface area (Å²) in [6.07, 6.45) is 3.35. The fraction of sp³-hybridized carbons (Fsp3) is 0.565. The van der Waals surface area contributed by atoms with Gasteiger partial charge in [-0.2, -0.15) is 0 Å². The number of hydrogen-bond donors (Lipinski definition) is 1. The highest BCUT2D eigenvalue weighted by Gasteiger charge is 2.32. The number of nitrogens with zero attached hydrogens (tertiary/aromatic N) is 4. The molecule has 0 radical (unpaired) electrons. The van der Waals surface area contributed by atoms with E-state index in [2.05, 4.69) is 33.9 Å². The number of aryl methyl sites for hydroxylation is 1. The third-order valence-corrected chi connectivity index (χ3v) is 6.20. The van der Waals surface area contributed by atoms with E-state index in [1.807, 2.05) is 30.3 Å². The number of amides is 2. The standard InChI is InChI=1S/C23H31N5O3/c1-16(2)21(22-26-25-19-9-6-12-28(19)22)24-23(30)17-10-13-27(14-11-17)20(29)15-31-18-7-4-3-5-8-18/h3-5,7-8,16-17,21H,6,9-15H2,1-2H3,(H,24,30)/t21-/m1/s1. The van der Waals surface area contributed by atoms with Gasteiger partial charge in [-0.3, -0.25) is 9.59 Å². The summed E-state index contributed by atoms with van der Waals surface area (Å²) >= 11 is 0. The highest BCUT2D eigenvalue weighted by molar-refractivity contribution is 5.81. The van der Waals surface area contributed by atoms with Crippen molar-refractivity contribution in [3.05, 3.63) is 42.0 Å². The zero-order chi connectivity index (χ0) is 21.8. The molecule has 2 aromatic rings. The summed E-state index contributed by atoms with van der Waals surface area (Å²) in [7, 11) is 0. The Balaban J connectivity index is 1.28. The van der Waals surface area contributed by atoms with E-state index in [-0.39, 0.29) is 36.3 Å². The summed E-state index contributed by atoms with van der Waals surface area (Å²) in [5, 5.41) is 11.9. The molecule has 31 heavy (non-hydrogen) atoms. The van der Waals surface area contributed by atoms with Gasteiger partial charge in [0.2, 0.25) is 5.91 Å². The number of aromatic nitrogens is 3. The SMILES string of the molecule is CC(C)[C@@H](NC(=O)C1CCN(C(=O)COc2ccccc2)CC1)c1nnc2n1CCC2. The molecule has 166 valence electrons. The molecule has 0 spiro atoms. The first kappa shape index (κ1) is 21.3. The molecular formula is C23H31N5O3. The molecule has 2 aliphatic heterocycles. The van der Waals surface area contributed by atoms with E-state index in [4.69, 9.17) is 4.74 Å². The Morgan fingerprint density at radius 2 is 1.87 bits per heavy atom. The molecule has 1 N–H and O–H groups in total. The van der Waals surface area contributed by atoms with Crippen LogP contribution in [0.3, 0.4) is 0 Å². The van der Waals surface area contributed by atoms with Crippen molar-refractivity contribution in [2.75, 3.05) is 19.7 Å². The first-order valence-corrected chi connectivity index (χ1v) is 11.2. The topological polar surface area (TPSA) is 89.3 Å². The van der Waals surface area contributed by atoms with Crippen molar-refractivity contribution in [3.63, 3.8) is 0 Å². The maximum absolute atomic E-state index is 13.0. The Bertz CT molecular complexity index is 903. The second kappa shape index (κ2) is 9.49. The van der Waals surface area contributed by atoms with E-state index >= 15 is 0 Å². The van der Waals surface area contributed by atoms with Crippen LogP contribution in [-0.2, 0) is 22.6 Å². The monoisotopic (exact) mass is 425 g/mol. The Labute approximate surface area is 183 Å². The summed E-state index contributed by atoms with van der Waals surface area (Å²) in [4.78, 5) is 27.2. The lowest BCUT2D eigenvalue weighted by molar-refractivity contribution is -0.137. The average molecular weight is 426 g/mol. The van der Waals surface area contributed by atoms with Crippen molar-refractivity contribution in [1.82, 2.24) is 25.0 Å². The van der Waals surface area contributed by atoms with Crippen LogP contribution in [0.5, 0.6) is 5.75 Å². The number of hydrogen-bond acceptors (Lipinski definition) is 5. The van der Waals surface area contributed by atoms with Gasteiger partial charge in [-0.15, -0.1) is 10.2 Å². The van der Waals surface area contributed by atoms with Gasteiger partial charge in [-0.25, -0.2) is 0 Å². The van der Waals surface area contributed by atoms with Gasteiger partial charge in [0, 0.05) is 32.0 Å². The summed E-state index contributed by atoms with van der Waals surface area (Å²) < 4.78 is 7.72. The van der Waals surface area contributed by atoms with Crippen LogP contribution < -0.4 is 10.1 Å². The Kier molecular flexibility index (Phi) is 6.53. The molecule has 3 heterocycles. The molecule has 1 saturated heterocycles. The van der Waals surface area contributed by atoms with E-state index in [1.54, 1.807) is 4.90 Å². The second-order valence-corrected chi connectivity index (χ2v) is 8.72. The smallest absolute Gasteiger partial charge is 0.260 e. The summed E-state index contributed by atoms with van der Waals surface area (Å²) in [6.45, 7) is 6.27. The third kappa shape index (κ3) is 4.89. The fourth-order valence-corrected chi connectivity index (χ4v) is 4.35. The first-order chi connectivity index (χ1) is 15.0. The summed E-state index contributed by atoms with van der Waals surface area (Å²) in [6, 6.07) is 9.18. The minimum absolute atomic E-state index is 0.0221. The lowest BCUT2D eigenvalue weighted by atomic mass is 9.94. The lowest BCUT2D eigenvalue weighted by Crippen LogP contribution is -2.45. The van der Waals surface area contributed by atoms with Crippen molar-refractivity contribution in [2.45, 2.75) is 52.1 Å². The number of fused-ring (bicyclic) bond motifs is 1. The molecule has 1 fully saturated rings. The van der Waals surface area contributed by atoms with Gasteiger partial charge in [-0.1, -0.05) is 32.0 Å². The van der Waals surface area contributed by atoms with Crippen molar-refractivity contribution in [1.29, 1.82) is 0 Å². The maximum Gasteiger partial charge on any atom is 0.260 e. The van der Waals surface area contributed by atoms with Gasteiger partial charge in [0.15, 0.2) is 12.4 Å². The number of carbonyl (C=O) groups excluding carboxylic acids is 2. The zero-order valence-electron chi connectivity index (χ0n) is 18.3. The van der Waals surface area contributed by atoms with Crippen LogP contribution >= 0.6 is 0 Å². The number of para-hydroxylation sites is 1. The van der Waals surface area contributed by atoms with Crippen molar-refractivity contribution >= 4 is 11.8 Å². The number of piperidine rings is 1. The number of nitrogens with one attached hydrogen (secondary N) is 1. The first-order valence-electron chi connectivity index (χ1n) is 11.2. The van der Waals surface area contributed by atoms with Gasteiger partial charge < -0.3 is 19.5 Å². The van der Waals surface area contributed by atoms with Crippen molar-refractivity contribution in [3.8, 4) is 5.75 Å². The molecule has 8 nitrogen and oxygen atoms in total. The molecule has 0 unspecified atom stereocenters. The Morgan fingerprint density at radius 3 is 2.58 bits per heavy atom. The van der Waals surface area contributed by atoms with Gasteiger partial charge in [0.1, 0.15) is 11.6 Å². The second-order valence-electron chi connectivity index (χ2n) is 8.72. The predicted octanol–water partition coefficient (Wildman–Crippen LogP) is 2.36. The van der Waals surface area contributed by atoms with Crippen molar-refractivity contribution in [2.24, 2.45) is 11.8 Å². The lowest BCUT2D eigenvalue weighted by Gasteiger charge is -2.32. The minimum atomic E-state index is -0.147. The van der Waals surface area contributed by atoms with E-state index in [0.717, 1.165) is 31.0 Å². The van der Waals surface area contributed by atoms with Crippen LogP contribution in [0.4, 0.5) is 0 Å². The molecule has 2 aliphatic rings. The number of benzene rings is 1. The van der Waals surface area contributed by atoms with Crippen LogP contribution in [0.1, 0.15) is 50.8 Å². The predicted molar refractivity (Wildman–Crippen MR) is 115 cm³/mol. The molecule has 0 aliphatic carbocycles. The maximum atomic E-state index is 13.0. The van der Waals surface area contributed by atoms with E-state index in [0.29, 0.717) is 31.7 Å². The Hall–Kier alpha value is -2.90. The number of carbonyl (C=O) groups is 2. The largest absolute Gasteiger partial charge is 0.484 e. The minimum Gasteiger partial charge on any atom is -0.484 e. The van der Waals surface area contributed by atoms with Crippen molar-refractivity contribution < 1.29 is 14.3 Å². The Morgan fingerprint density at radius 1 is 1.13 bits per heavy atom. The molecule has 0 bridgehead atoms. The van der Waals surface area contributed by atoms with E-state index in [1.165, 1.54) is 0 Å². The summed E-state index contributed by atoms with van der Waals surface area (Å²) in [5.41, 5.74) is 0. The molecular weight excluding hydrogens is 394 g/mol.